The molecule has 3 N–H and O–H groups in total. The lowest BCUT2D eigenvalue weighted by atomic mass is 10.00. The molecule has 0 unspecified atom stereocenters. The second-order valence-corrected chi connectivity index (χ2v) is 13.5. The van der Waals surface area contributed by atoms with Crippen LogP contribution in [0.5, 0.6) is 0 Å². The summed E-state index contributed by atoms with van der Waals surface area (Å²) in [5.41, 5.74) is 1.30. The third kappa shape index (κ3) is 7.90. The molecule has 1 heterocycles. The summed E-state index contributed by atoms with van der Waals surface area (Å²) in [6.07, 6.45) is 0.423. The molecule has 3 atom stereocenters. The van der Waals surface area contributed by atoms with Crippen LogP contribution in [0.2, 0.25) is 5.02 Å². The molecule has 7 nitrogen and oxygen atoms in total. The molecule has 1 aliphatic rings. The lowest BCUT2D eigenvalue weighted by molar-refractivity contribution is -0.116. The highest BCUT2D eigenvalue weighted by atomic mass is 35.5. The first kappa shape index (κ1) is 33.5. The van der Waals surface area contributed by atoms with Crippen LogP contribution in [0, 0.1) is 17.5 Å². The van der Waals surface area contributed by atoms with Gasteiger partial charge in [0.05, 0.1) is 5.02 Å². The minimum Gasteiger partial charge on any atom is -0.373 e. The zero-order valence-corrected chi connectivity index (χ0v) is 26.6. The van der Waals surface area contributed by atoms with E-state index in [2.05, 4.69) is 16.0 Å². The Hall–Kier alpha value is -3.90. The number of nitrogens with zero attached hydrogens (tertiary/aromatic N) is 1. The number of carbonyl (C=O) groups excluding carboxylic acids is 1. The Morgan fingerprint density at radius 2 is 1.67 bits per heavy atom. The molecular formula is C34H34ClF3N4O3S. The lowest BCUT2D eigenvalue weighted by Crippen LogP contribution is -2.58. The Bertz CT molecular complexity index is 1760. The second-order valence-electron chi connectivity index (χ2n) is 11.3. The molecule has 1 fully saturated rings. The van der Waals surface area contributed by atoms with Crippen LogP contribution in [0.15, 0.2) is 95.9 Å². The maximum absolute atomic E-state index is 15.3. The van der Waals surface area contributed by atoms with Gasteiger partial charge >= 0.3 is 0 Å². The number of sulfonamides is 1. The first-order valence-electron chi connectivity index (χ1n) is 14.9. The third-order valence-corrected chi connectivity index (χ3v) is 10.5. The molecule has 5 rings (SSSR count). The van der Waals surface area contributed by atoms with E-state index < -0.39 is 51.5 Å². The summed E-state index contributed by atoms with van der Waals surface area (Å²) in [5.74, 6) is -2.07. The van der Waals surface area contributed by atoms with E-state index in [9.17, 15) is 22.0 Å². The van der Waals surface area contributed by atoms with Gasteiger partial charge in [0.15, 0.2) is 0 Å². The van der Waals surface area contributed by atoms with E-state index in [1.807, 2.05) is 0 Å². The Balaban J connectivity index is 1.38. The van der Waals surface area contributed by atoms with Crippen LogP contribution in [0.3, 0.4) is 0 Å². The van der Waals surface area contributed by atoms with Crippen LogP contribution in [0.25, 0.3) is 0 Å². The van der Waals surface area contributed by atoms with Gasteiger partial charge in [-0.3, -0.25) is 4.79 Å². The number of rotatable bonds is 11. The number of piperazine rings is 1. The summed E-state index contributed by atoms with van der Waals surface area (Å²) < 4.78 is 72.2. The van der Waals surface area contributed by atoms with Crippen LogP contribution in [-0.4, -0.2) is 49.8 Å². The number of anilines is 2. The van der Waals surface area contributed by atoms with E-state index in [1.165, 1.54) is 65.0 Å². The molecule has 242 valence electrons. The van der Waals surface area contributed by atoms with E-state index in [0.717, 1.165) is 0 Å². The molecule has 1 aliphatic heterocycles. The van der Waals surface area contributed by atoms with Crippen LogP contribution in [-0.2, 0) is 27.7 Å². The van der Waals surface area contributed by atoms with Crippen molar-refractivity contribution in [2.45, 2.75) is 49.2 Å². The molecule has 0 bridgehead atoms. The van der Waals surface area contributed by atoms with E-state index in [1.54, 1.807) is 37.3 Å². The van der Waals surface area contributed by atoms with Crippen LogP contribution >= 0.6 is 11.6 Å². The van der Waals surface area contributed by atoms with Crippen molar-refractivity contribution in [3.63, 3.8) is 0 Å². The van der Waals surface area contributed by atoms with E-state index in [-0.39, 0.29) is 40.4 Å². The van der Waals surface area contributed by atoms with Gasteiger partial charge in [-0.25, -0.2) is 21.6 Å². The highest BCUT2D eigenvalue weighted by molar-refractivity contribution is 7.89. The van der Waals surface area contributed by atoms with Crippen molar-refractivity contribution in [3.05, 3.63) is 125 Å². The Morgan fingerprint density at radius 3 is 2.41 bits per heavy atom. The number of hydrogen-bond donors (Lipinski definition) is 3. The quantitative estimate of drug-likeness (QED) is 0.172. The third-order valence-electron chi connectivity index (χ3n) is 7.92. The molecule has 1 amide bonds. The van der Waals surface area contributed by atoms with Gasteiger partial charge in [-0.1, -0.05) is 48.0 Å². The fourth-order valence-electron chi connectivity index (χ4n) is 5.78. The maximum atomic E-state index is 15.3. The van der Waals surface area contributed by atoms with Crippen LogP contribution in [0.4, 0.5) is 24.5 Å². The SMILES string of the molecule is C[C@H]1CNC[C@H](CCc2c(F)cccc2NC(=O)[C@H](Cc2cccc(F)c2)Nc2cccc(F)c2)N1S(=O)(=O)c1ccccc1Cl. The summed E-state index contributed by atoms with van der Waals surface area (Å²) >= 11 is 6.28. The fourth-order valence-corrected chi connectivity index (χ4v) is 8.12. The Kier molecular flexibility index (Phi) is 10.7. The van der Waals surface area contributed by atoms with Gasteiger partial charge in [-0.2, -0.15) is 4.31 Å². The van der Waals surface area contributed by atoms with E-state index in [0.29, 0.717) is 24.3 Å². The second kappa shape index (κ2) is 14.7. The van der Waals surface area contributed by atoms with Crippen molar-refractivity contribution in [2.24, 2.45) is 0 Å². The number of hydrogen-bond acceptors (Lipinski definition) is 5. The molecule has 0 radical (unpaired) electrons. The first-order valence-corrected chi connectivity index (χ1v) is 16.7. The van der Waals surface area contributed by atoms with E-state index in [4.69, 9.17) is 11.6 Å². The highest BCUT2D eigenvalue weighted by Gasteiger charge is 2.38. The zero-order valence-electron chi connectivity index (χ0n) is 25.0. The van der Waals surface area contributed by atoms with Gasteiger partial charge in [0, 0.05) is 48.5 Å². The van der Waals surface area contributed by atoms with E-state index >= 15 is 4.39 Å². The molecule has 46 heavy (non-hydrogen) atoms. The average molecular weight is 671 g/mol. The standard InChI is InChI=1S/C34H34ClF3N4O3S/c1-22-20-39-21-27(42(22)46(44,45)33-14-3-2-11-29(33)35)15-16-28-30(38)12-6-13-31(28)41-34(43)32(18-23-7-4-8-24(36)17-23)40-26-10-5-9-25(37)19-26/h2-14,17,19,22,27,32,39-40H,15-16,18,20-21H2,1H3,(H,41,43)/t22-,27-,32-/m0/s1. The Morgan fingerprint density at radius 1 is 0.957 bits per heavy atom. The highest BCUT2D eigenvalue weighted by Crippen LogP contribution is 2.31. The van der Waals surface area contributed by atoms with Gasteiger partial charge in [-0.15, -0.1) is 0 Å². The normalized spacial score (nSPS) is 17.8. The molecule has 0 aliphatic carbocycles. The smallest absolute Gasteiger partial charge is 0.247 e. The molecule has 12 heteroatoms. The predicted molar refractivity (Wildman–Crippen MR) is 174 cm³/mol. The number of nitrogens with one attached hydrogen (secondary N) is 3. The van der Waals surface area contributed by atoms with Gasteiger partial charge in [0.2, 0.25) is 15.9 Å². The van der Waals surface area contributed by atoms with Gasteiger partial charge in [0.25, 0.3) is 0 Å². The van der Waals surface area contributed by atoms with Gasteiger partial charge in [-0.05, 0) is 79.9 Å². The minimum atomic E-state index is -3.98. The molecule has 4 aromatic rings. The summed E-state index contributed by atoms with van der Waals surface area (Å²) in [6.45, 7) is 2.58. The topological polar surface area (TPSA) is 90.5 Å². The summed E-state index contributed by atoms with van der Waals surface area (Å²) in [5, 5.41) is 9.18. The maximum Gasteiger partial charge on any atom is 0.247 e. The van der Waals surface area contributed by atoms with Crippen molar-refractivity contribution in [1.29, 1.82) is 0 Å². The molecule has 4 aromatic carbocycles. The van der Waals surface area contributed by atoms with Crippen molar-refractivity contribution in [1.82, 2.24) is 9.62 Å². The van der Waals surface area contributed by atoms with Crippen LogP contribution < -0.4 is 16.0 Å². The van der Waals surface area contributed by atoms with Crippen LogP contribution in [0.1, 0.15) is 24.5 Å². The first-order chi connectivity index (χ1) is 22.0. The van der Waals surface area contributed by atoms with Crippen molar-refractivity contribution in [2.75, 3.05) is 23.7 Å². The molecular weight excluding hydrogens is 637 g/mol. The van der Waals surface area contributed by atoms with Gasteiger partial charge < -0.3 is 16.0 Å². The zero-order chi connectivity index (χ0) is 32.8. The molecule has 0 spiro atoms. The monoisotopic (exact) mass is 670 g/mol. The molecule has 0 aromatic heterocycles. The molecule has 1 saturated heterocycles. The average Bonchev–Trinajstić information content (AvgIpc) is 3.00. The minimum absolute atomic E-state index is 0.00407. The lowest BCUT2D eigenvalue weighted by Gasteiger charge is -2.40. The number of halogens is 4. The largest absolute Gasteiger partial charge is 0.373 e. The molecule has 0 saturated carbocycles. The van der Waals surface area contributed by atoms with Crippen molar-refractivity contribution in [3.8, 4) is 0 Å². The number of carbonyl (C=O) groups is 1. The number of amides is 1. The van der Waals surface area contributed by atoms with Gasteiger partial charge in [0.1, 0.15) is 28.4 Å². The Labute approximate surface area is 271 Å². The summed E-state index contributed by atoms with van der Waals surface area (Å²) in [4.78, 5) is 13.7. The number of benzene rings is 4. The van der Waals surface area contributed by atoms with Crippen molar-refractivity contribution < 1.29 is 26.4 Å². The van der Waals surface area contributed by atoms with Crippen molar-refractivity contribution >= 4 is 38.9 Å². The summed E-state index contributed by atoms with van der Waals surface area (Å²) in [6, 6.07) is 20.1. The summed E-state index contributed by atoms with van der Waals surface area (Å²) in [7, 11) is -3.98. The fraction of sp³-hybridized carbons (Fsp3) is 0.265. The predicted octanol–water partition coefficient (Wildman–Crippen LogP) is 6.40.